The first kappa shape index (κ1) is 14.5. The maximum atomic E-state index is 12.5. The molecule has 0 aromatic carbocycles. The van der Waals surface area contributed by atoms with Gasteiger partial charge in [0, 0.05) is 12.6 Å². The third-order valence-corrected chi connectivity index (χ3v) is 5.27. The minimum absolute atomic E-state index is 0.0196. The molecule has 6 heteroatoms. The number of carbonyl (C=O) groups excluding carboxylic acids is 2. The van der Waals surface area contributed by atoms with Crippen molar-refractivity contribution in [2.24, 2.45) is 0 Å². The Hall–Kier alpha value is -1.40. The molecule has 0 aliphatic carbocycles. The molecule has 0 bridgehead atoms. The number of carbonyl (C=O) groups is 2. The van der Waals surface area contributed by atoms with E-state index in [-0.39, 0.29) is 29.9 Å². The number of hydrogen-bond donors (Lipinski definition) is 2. The predicted octanol–water partition coefficient (Wildman–Crippen LogP) is 1.11. The fraction of sp³-hybridized carbons (Fsp3) is 0.600. The Balaban J connectivity index is 1.64. The molecule has 1 unspecified atom stereocenters. The molecule has 3 atom stereocenters. The van der Waals surface area contributed by atoms with Crippen LogP contribution < -0.4 is 10.6 Å². The maximum absolute atomic E-state index is 12.5. The van der Waals surface area contributed by atoms with Crippen molar-refractivity contribution in [1.82, 2.24) is 15.5 Å². The van der Waals surface area contributed by atoms with E-state index in [1.165, 1.54) is 0 Å². The number of hydrogen-bond acceptors (Lipinski definition) is 4. The van der Waals surface area contributed by atoms with Crippen LogP contribution >= 0.6 is 11.3 Å². The molecule has 21 heavy (non-hydrogen) atoms. The number of rotatable bonds is 4. The number of amides is 2. The van der Waals surface area contributed by atoms with Gasteiger partial charge in [0.05, 0.1) is 6.04 Å². The van der Waals surface area contributed by atoms with E-state index in [1.54, 1.807) is 11.3 Å². The molecule has 3 rings (SSSR count). The largest absolute Gasteiger partial charge is 0.350 e. The molecule has 2 aliphatic heterocycles. The van der Waals surface area contributed by atoms with Gasteiger partial charge in [0.2, 0.25) is 11.8 Å². The van der Waals surface area contributed by atoms with E-state index in [4.69, 9.17) is 0 Å². The minimum Gasteiger partial charge on any atom is -0.350 e. The van der Waals surface area contributed by atoms with Crippen LogP contribution in [0.3, 0.4) is 0 Å². The maximum Gasteiger partial charge on any atom is 0.243 e. The predicted molar refractivity (Wildman–Crippen MR) is 81.9 cm³/mol. The Morgan fingerprint density at radius 1 is 1.38 bits per heavy atom. The Labute approximate surface area is 128 Å². The van der Waals surface area contributed by atoms with E-state index in [9.17, 15) is 9.59 Å². The third-order valence-electron chi connectivity index (χ3n) is 4.54. The molecule has 2 N–H and O–H groups in total. The molecule has 0 radical (unpaired) electrons. The van der Waals surface area contributed by atoms with Gasteiger partial charge in [-0.1, -0.05) is 0 Å². The molecular weight excluding hydrogens is 286 g/mol. The number of nitrogens with one attached hydrogen (secondary N) is 2. The summed E-state index contributed by atoms with van der Waals surface area (Å²) in [6.07, 6.45) is 3.59. The Morgan fingerprint density at radius 2 is 2.19 bits per heavy atom. The summed E-state index contributed by atoms with van der Waals surface area (Å²) in [6, 6.07) is 1.83. The zero-order chi connectivity index (χ0) is 14.8. The average Bonchev–Trinajstić information content (AvgIpc) is 3.14. The summed E-state index contributed by atoms with van der Waals surface area (Å²) < 4.78 is 0. The molecule has 2 amide bonds. The molecule has 114 valence electrons. The molecule has 0 saturated carbocycles. The minimum atomic E-state index is -0.294. The standard InChI is InChI=1S/C15H21N3O2S/c1-16-12-4-2-11-3-5-13(18(11)15(12)20)14(19)17-8-10-6-7-21-9-10/h6-7,9,11-13,16H,2-5,8H2,1H3,(H,17,19)/t11?,12-,13-/m0/s1. The van der Waals surface area contributed by atoms with Gasteiger partial charge >= 0.3 is 0 Å². The SMILES string of the molecule is CN[C@H]1CCC2CC[C@@H](C(=O)NCc3ccsc3)N2C1=O. The lowest BCUT2D eigenvalue weighted by Crippen LogP contribution is -2.57. The van der Waals surface area contributed by atoms with Gasteiger partial charge in [-0.25, -0.2) is 0 Å². The highest BCUT2D eigenvalue weighted by Gasteiger charge is 2.45. The summed E-state index contributed by atoms with van der Waals surface area (Å²) in [4.78, 5) is 26.7. The van der Waals surface area contributed by atoms with Crippen molar-refractivity contribution < 1.29 is 9.59 Å². The lowest BCUT2D eigenvalue weighted by atomic mass is 9.98. The van der Waals surface area contributed by atoms with Crippen LogP contribution in [-0.4, -0.2) is 41.9 Å². The van der Waals surface area contributed by atoms with Gasteiger partial charge in [-0.2, -0.15) is 11.3 Å². The van der Waals surface area contributed by atoms with Crippen LogP contribution in [-0.2, 0) is 16.1 Å². The highest BCUT2D eigenvalue weighted by molar-refractivity contribution is 7.07. The molecule has 3 heterocycles. The van der Waals surface area contributed by atoms with Crippen molar-refractivity contribution in [2.75, 3.05) is 7.05 Å². The summed E-state index contributed by atoms with van der Waals surface area (Å²) in [6.45, 7) is 0.543. The van der Waals surface area contributed by atoms with E-state index < -0.39 is 0 Å². The van der Waals surface area contributed by atoms with Crippen LogP contribution in [0.15, 0.2) is 16.8 Å². The number of piperidine rings is 1. The van der Waals surface area contributed by atoms with Crippen LogP contribution in [0, 0.1) is 0 Å². The van der Waals surface area contributed by atoms with Crippen LogP contribution in [0.1, 0.15) is 31.2 Å². The highest BCUT2D eigenvalue weighted by atomic mass is 32.1. The summed E-state index contributed by atoms with van der Waals surface area (Å²) in [5.74, 6) is 0.0655. The molecule has 1 aromatic heterocycles. The summed E-state index contributed by atoms with van der Waals surface area (Å²) in [7, 11) is 1.81. The normalized spacial score (nSPS) is 28.5. The van der Waals surface area contributed by atoms with E-state index in [2.05, 4.69) is 10.6 Å². The Morgan fingerprint density at radius 3 is 2.90 bits per heavy atom. The second-order valence-corrected chi connectivity index (χ2v) is 6.54. The number of thiophene rings is 1. The first-order valence-electron chi connectivity index (χ1n) is 7.49. The average molecular weight is 307 g/mol. The highest BCUT2D eigenvalue weighted by Crippen LogP contribution is 2.32. The van der Waals surface area contributed by atoms with Crippen LogP contribution in [0.2, 0.25) is 0 Å². The van der Waals surface area contributed by atoms with Crippen molar-refractivity contribution in [2.45, 2.75) is 50.4 Å². The van der Waals surface area contributed by atoms with Crippen molar-refractivity contribution in [3.05, 3.63) is 22.4 Å². The van der Waals surface area contributed by atoms with E-state index in [0.29, 0.717) is 6.54 Å². The van der Waals surface area contributed by atoms with Gasteiger partial charge in [-0.15, -0.1) is 0 Å². The molecule has 0 spiro atoms. The van der Waals surface area contributed by atoms with Crippen molar-refractivity contribution >= 4 is 23.2 Å². The second-order valence-electron chi connectivity index (χ2n) is 5.76. The molecular formula is C15H21N3O2S. The van der Waals surface area contributed by atoms with Gasteiger partial charge < -0.3 is 15.5 Å². The summed E-state index contributed by atoms with van der Waals surface area (Å²) in [5.41, 5.74) is 1.11. The molecule has 1 aromatic rings. The van der Waals surface area contributed by atoms with E-state index in [1.807, 2.05) is 28.8 Å². The first-order chi connectivity index (χ1) is 10.2. The van der Waals surface area contributed by atoms with Crippen molar-refractivity contribution in [3.63, 3.8) is 0 Å². The zero-order valence-electron chi connectivity index (χ0n) is 12.2. The Kier molecular flexibility index (Phi) is 4.26. The summed E-state index contributed by atoms with van der Waals surface area (Å²) >= 11 is 1.62. The smallest absolute Gasteiger partial charge is 0.243 e. The van der Waals surface area contributed by atoms with Crippen molar-refractivity contribution in [3.8, 4) is 0 Å². The van der Waals surface area contributed by atoms with Gasteiger partial charge in [0.15, 0.2) is 0 Å². The van der Waals surface area contributed by atoms with Gasteiger partial charge in [-0.3, -0.25) is 9.59 Å². The van der Waals surface area contributed by atoms with Gasteiger partial charge in [0.1, 0.15) is 6.04 Å². The summed E-state index contributed by atoms with van der Waals surface area (Å²) in [5, 5.41) is 10.1. The number of fused-ring (bicyclic) bond motifs is 1. The van der Waals surface area contributed by atoms with Gasteiger partial charge in [0.25, 0.3) is 0 Å². The number of likely N-dealkylation sites (N-methyl/N-ethyl adjacent to an activating group) is 1. The van der Waals surface area contributed by atoms with Crippen LogP contribution in [0.25, 0.3) is 0 Å². The second kappa shape index (κ2) is 6.15. The molecule has 2 aliphatic rings. The molecule has 2 fully saturated rings. The van der Waals surface area contributed by atoms with E-state index >= 15 is 0 Å². The van der Waals surface area contributed by atoms with Gasteiger partial charge in [-0.05, 0) is 55.1 Å². The topological polar surface area (TPSA) is 61.4 Å². The molecule has 5 nitrogen and oxygen atoms in total. The molecule has 2 saturated heterocycles. The number of nitrogens with zero attached hydrogens (tertiary/aromatic N) is 1. The Bertz CT molecular complexity index is 517. The lowest BCUT2D eigenvalue weighted by molar-refractivity contribution is -0.144. The van der Waals surface area contributed by atoms with Crippen molar-refractivity contribution in [1.29, 1.82) is 0 Å². The lowest BCUT2D eigenvalue weighted by Gasteiger charge is -2.37. The van der Waals surface area contributed by atoms with Crippen LogP contribution in [0.5, 0.6) is 0 Å². The van der Waals surface area contributed by atoms with Crippen LogP contribution in [0.4, 0.5) is 0 Å². The van der Waals surface area contributed by atoms with E-state index in [0.717, 1.165) is 31.2 Å². The quantitative estimate of drug-likeness (QED) is 0.876. The zero-order valence-corrected chi connectivity index (χ0v) is 13.0. The monoisotopic (exact) mass is 307 g/mol. The fourth-order valence-corrected chi connectivity index (χ4v) is 4.06. The fourth-order valence-electron chi connectivity index (χ4n) is 3.39. The first-order valence-corrected chi connectivity index (χ1v) is 8.43. The third kappa shape index (κ3) is 2.82.